The first kappa shape index (κ1) is 19.4. The van der Waals surface area contributed by atoms with Crippen LogP contribution in [-0.2, 0) is 4.79 Å². The number of halogens is 3. The van der Waals surface area contributed by atoms with Gasteiger partial charge in [-0.2, -0.15) is 13.2 Å². The normalized spacial score (nSPS) is 12.0. The van der Waals surface area contributed by atoms with E-state index in [0.29, 0.717) is 11.6 Å². The molecule has 0 aromatic heterocycles. The maximum atomic E-state index is 12.5. The van der Waals surface area contributed by atoms with Gasteiger partial charge < -0.3 is 10.4 Å². The number of nitrogens with zero attached hydrogens (tertiary/aromatic N) is 1. The zero-order valence-electron chi connectivity index (χ0n) is 13.4. The minimum absolute atomic E-state index is 0.00964. The van der Waals surface area contributed by atoms with Crippen LogP contribution in [0.5, 0.6) is 0 Å². The number of aliphatic hydroxyl groups excluding tert-OH is 1. The maximum Gasteiger partial charge on any atom is 0.401 e. The lowest BCUT2D eigenvalue weighted by molar-refractivity contribution is -0.148. The Kier molecular flexibility index (Phi) is 7.51. The number of hydrogen-bond acceptors (Lipinski definition) is 3. The first-order chi connectivity index (χ1) is 10.7. The number of aliphatic hydroxyl groups is 1. The molecule has 1 aromatic rings. The number of rotatable bonds is 8. The van der Waals surface area contributed by atoms with E-state index >= 15 is 0 Å². The number of nitrogens with one attached hydrogen (secondary N) is 1. The molecule has 0 fully saturated rings. The van der Waals surface area contributed by atoms with E-state index in [1.54, 1.807) is 12.1 Å². The Morgan fingerprint density at radius 1 is 1.26 bits per heavy atom. The van der Waals surface area contributed by atoms with Crippen molar-refractivity contribution in [1.29, 1.82) is 0 Å². The number of amides is 1. The smallest absolute Gasteiger partial charge is 0.396 e. The minimum Gasteiger partial charge on any atom is -0.396 e. The Balaban J connectivity index is 2.60. The average molecular weight is 332 g/mol. The molecular weight excluding hydrogens is 309 g/mol. The van der Waals surface area contributed by atoms with E-state index in [-0.39, 0.29) is 26.1 Å². The Hall–Kier alpha value is -1.60. The lowest BCUT2D eigenvalue weighted by atomic mass is 10.0. The largest absolute Gasteiger partial charge is 0.401 e. The fourth-order valence-corrected chi connectivity index (χ4v) is 2.12. The first-order valence-corrected chi connectivity index (χ1v) is 7.51. The van der Waals surface area contributed by atoms with Crippen molar-refractivity contribution >= 4 is 11.6 Å². The van der Waals surface area contributed by atoms with Crippen molar-refractivity contribution in [3.63, 3.8) is 0 Å². The van der Waals surface area contributed by atoms with E-state index < -0.39 is 18.6 Å². The zero-order valence-corrected chi connectivity index (χ0v) is 13.4. The fraction of sp³-hybridized carbons (Fsp3) is 0.562. The van der Waals surface area contributed by atoms with E-state index in [0.717, 1.165) is 10.5 Å². The molecule has 4 nitrogen and oxygen atoms in total. The second kappa shape index (κ2) is 8.88. The Morgan fingerprint density at radius 2 is 1.87 bits per heavy atom. The zero-order chi connectivity index (χ0) is 17.5. The number of alkyl halides is 3. The molecule has 0 saturated carbocycles. The molecule has 0 radical (unpaired) electrons. The number of hydrogen-bond donors (Lipinski definition) is 2. The summed E-state index contributed by atoms with van der Waals surface area (Å²) in [6.07, 6.45) is -4.19. The molecule has 2 N–H and O–H groups in total. The average Bonchev–Trinajstić information content (AvgIpc) is 2.43. The topological polar surface area (TPSA) is 52.6 Å². The highest BCUT2D eigenvalue weighted by molar-refractivity contribution is 5.92. The summed E-state index contributed by atoms with van der Waals surface area (Å²) in [5, 5.41) is 11.3. The molecule has 0 spiro atoms. The van der Waals surface area contributed by atoms with Crippen molar-refractivity contribution in [2.24, 2.45) is 0 Å². The van der Waals surface area contributed by atoms with Crippen molar-refractivity contribution in [1.82, 2.24) is 4.90 Å². The van der Waals surface area contributed by atoms with Gasteiger partial charge in [0.25, 0.3) is 0 Å². The highest BCUT2D eigenvalue weighted by Crippen LogP contribution is 2.18. The van der Waals surface area contributed by atoms with Gasteiger partial charge in [0, 0.05) is 18.8 Å². The molecule has 1 aromatic carbocycles. The Labute approximate surface area is 134 Å². The van der Waals surface area contributed by atoms with Crippen LogP contribution in [0.4, 0.5) is 18.9 Å². The van der Waals surface area contributed by atoms with E-state index in [1.165, 1.54) is 0 Å². The standard InChI is InChI=1S/C16H23F3N2O2/c1-12(2)13-4-6-14(7-5-13)20-15(23)10-21(8-3-9-22)11-16(17,18)19/h4-7,12,22H,3,8-11H2,1-2H3,(H,20,23). The molecule has 0 aliphatic rings. The Morgan fingerprint density at radius 3 is 2.35 bits per heavy atom. The highest BCUT2D eigenvalue weighted by Gasteiger charge is 2.31. The SMILES string of the molecule is CC(C)c1ccc(NC(=O)CN(CCCO)CC(F)(F)F)cc1. The summed E-state index contributed by atoms with van der Waals surface area (Å²) < 4.78 is 37.5. The summed E-state index contributed by atoms with van der Waals surface area (Å²) in [6, 6.07) is 7.21. The van der Waals surface area contributed by atoms with Gasteiger partial charge in [-0.05, 0) is 30.0 Å². The number of anilines is 1. The molecule has 130 valence electrons. The van der Waals surface area contributed by atoms with Crippen LogP contribution in [0.2, 0.25) is 0 Å². The van der Waals surface area contributed by atoms with Crippen molar-refractivity contribution in [2.45, 2.75) is 32.4 Å². The Bertz CT molecular complexity index is 487. The molecule has 0 bridgehead atoms. The molecule has 0 unspecified atom stereocenters. The van der Waals surface area contributed by atoms with Crippen molar-refractivity contribution in [2.75, 3.05) is 31.6 Å². The summed E-state index contributed by atoms with van der Waals surface area (Å²) >= 11 is 0. The number of benzene rings is 1. The molecule has 0 aliphatic carbocycles. The second-order valence-corrected chi connectivity index (χ2v) is 5.73. The summed E-state index contributed by atoms with van der Waals surface area (Å²) in [5.41, 5.74) is 1.66. The molecule has 0 atom stereocenters. The predicted octanol–water partition coefficient (Wildman–Crippen LogP) is 3.00. The maximum absolute atomic E-state index is 12.5. The van der Waals surface area contributed by atoms with Gasteiger partial charge in [0.2, 0.25) is 5.91 Å². The van der Waals surface area contributed by atoms with Gasteiger partial charge in [0.1, 0.15) is 0 Å². The molecule has 7 heteroatoms. The van der Waals surface area contributed by atoms with Crippen molar-refractivity contribution in [3.05, 3.63) is 29.8 Å². The van der Waals surface area contributed by atoms with Gasteiger partial charge in [-0.1, -0.05) is 26.0 Å². The van der Waals surface area contributed by atoms with Crippen LogP contribution in [0.3, 0.4) is 0 Å². The van der Waals surface area contributed by atoms with Gasteiger partial charge in [-0.3, -0.25) is 9.69 Å². The van der Waals surface area contributed by atoms with Crippen LogP contribution in [0.1, 0.15) is 31.7 Å². The minimum atomic E-state index is -4.38. The van der Waals surface area contributed by atoms with Crippen LogP contribution in [-0.4, -0.2) is 48.3 Å². The van der Waals surface area contributed by atoms with Gasteiger partial charge in [0.05, 0.1) is 13.1 Å². The summed E-state index contributed by atoms with van der Waals surface area (Å²) in [5.74, 6) is -0.148. The number of carbonyl (C=O) groups is 1. The van der Waals surface area contributed by atoms with Crippen LogP contribution in [0, 0.1) is 0 Å². The van der Waals surface area contributed by atoms with Crippen molar-refractivity contribution < 1.29 is 23.1 Å². The molecule has 1 rings (SSSR count). The van der Waals surface area contributed by atoms with Crippen LogP contribution in [0.25, 0.3) is 0 Å². The molecule has 0 aliphatic heterocycles. The van der Waals surface area contributed by atoms with Crippen LogP contribution >= 0.6 is 0 Å². The van der Waals surface area contributed by atoms with E-state index in [9.17, 15) is 18.0 Å². The van der Waals surface area contributed by atoms with Crippen LogP contribution < -0.4 is 5.32 Å². The lowest BCUT2D eigenvalue weighted by Gasteiger charge is -2.22. The van der Waals surface area contributed by atoms with E-state index in [2.05, 4.69) is 5.32 Å². The molecule has 0 saturated heterocycles. The molecular formula is C16H23F3N2O2. The first-order valence-electron chi connectivity index (χ1n) is 7.51. The second-order valence-electron chi connectivity index (χ2n) is 5.73. The van der Waals surface area contributed by atoms with E-state index in [4.69, 9.17) is 5.11 Å². The summed E-state index contributed by atoms with van der Waals surface area (Å²) in [7, 11) is 0. The lowest BCUT2D eigenvalue weighted by Crippen LogP contribution is -2.40. The van der Waals surface area contributed by atoms with Crippen molar-refractivity contribution in [3.8, 4) is 0 Å². The molecule has 23 heavy (non-hydrogen) atoms. The molecule has 0 heterocycles. The van der Waals surface area contributed by atoms with Gasteiger partial charge in [-0.25, -0.2) is 0 Å². The third kappa shape index (κ3) is 7.99. The van der Waals surface area contributed by atoms with Crippen LogP contribution in [0.15, 0.2) is 24.3 Å². The third-order valence-corrected chi connectivity index (χ3v) is 3.26. The van der Waals surface area contributed by atoms with Gasteiger partial charge in [0.15, 0.2) is 0 Å². The quantitative estimate of drug-likeness (QED) is 0.769. The summed E-state index contributed by atoms with van der Waals surface area (Å²) in [6.45, 7) is 2.34. The third-order valence-electron chi connectivity index (χ3n) is 3.26. The van der Waals surface area contributed by atoms with Gasteiger partial charge >= 0.3 is 6.18 Å². The van der Waals surface area contributed by atoms with E-state index in [1.807, 2.05) is 26.0 Å². The fourth-order valence-electron chi connectivity index (χ4n) is 2.12. The highest BCUT2D eigenvalue weighted by atomic mass is 19.4. The summed E-state index contributed by atoms with van der Waals surface area (Å²) in [4.78, 5) is 12.9. The van der Waals surface area contributed by atoms with Gasteiger partial charge in [-0.15, -0.1) is 0 Å². The monoisotopic (exact) mass is 332 g/mol. The predicted molar refractivity (Wildman–Crippen MR) is 83.4 cm³/mol. The number of carbonyl (C=O) groups excluding carboxylic acids is 1. The molecule has 1 amide bonds.